The molecule has 0 atom stereocenters. The number of nitrogens with one attached hydrogen (secondary N) is 1. The number of carbonyl (C=O) groups is 1. The minimum Gasteiger partial charge on any atom is -0.493 e. The van der Waals surface area contributed by atoms with Gasteiger partial charge in [-0.25, -0.2) is 4.79 Å². The van der Waals surface area contributed by atoms with Crippen molar-refractivity contribution in [2.75, 3.05) is 26.1 Å². The summed E-state index contributed by atoms with van der Waals surface area (Å²) >= 11 is 0. The zero-order valence-electron chi connectivity index (χ0n) is 18.4. The molecule has 1 heterocycles. The molecule has 1 aromatic heterocycles. The fourth-order valence-corrected chi connectivity index (χ4v) is 3.33. The summed E-state index contributed by atoms with van der Waals surface area (Å²) in [6.45, 7) is 0.306. The summed E-state index contributed by atoms with van der Waals surface area (Å²) in [6.07, 6.45) is 1.84. The van der Waals surface area contributed by atoms with E-state index in [9.17, 15) is 4.79 Å². The van der Waals surface area contributed by atoms with Gasteiger partial charge in [-0.05, 0) is 42.0 Å². The van der Waals surface area contributed by atoms with Gasteiger partial charge in [-0.3, -0.25) is 10.3 Å². The Kier molecular flexibility index (Phi) is 6.90. The van der Waals surface area contributed by atoms with Crippen LogP contribution in [0, 0.1) is 0 Å². The molecule has 0 fully saturated rings. The number of pyridine rings is 1. The minimum absolute atomic E-state index is 0.306. The topological polar surface area (TPSA) is 78.9 Å². The van der Waals surface area contributed by atoms with Gasteiger partial charge in [-0.2, -0.15) is 0 Å². The molecule has 1 amide bonds. The van der Waals surface area contributed by atoms with Crippen LogP contribution in [0.2, 0.25) is 0 Å². The normalized spacial score (nSPS) is 10.5. The van der Waals surface area contributed by atoms with Gasteiger partial charge in [0.1, 0.15) is 11.5 Å². The molecule has 4 rings (SSSR count). The van der Waals surface area contributed by atoms with Crippen molar-refractivity contribution in [3.8, 4) is 23.0 Å². The average molecular weight is 444 g/mol. The largest absolute Gasteiger partial charge is 0.493 e. The first-order valence-corrected chi connectivity index (χ1v) is 10.4. The zero-order valence-corrected chi connectivity index (χ0v) is 18.4. The number of aromatic nitrogens is 1. The number of fused-ring (bicyclic) bond motifs is 1. The standard InChI is InChI=1S/C26H24N2O5/c1-30-24-16-21-22(17-25(24)31-2)27-14-12-23(21)33-20-10-8-19(9-11-20)28-26(29)32-15-13-18-6-4-3-5-7-18/h3-12,14,16-17H,13,15H2,1-2H3,(H,28,29). The first-order valence-electron chi connectivity index (χ1n) is 10.4. The molecular weight excluding hydrogens is 420 g/mol. The Labute approximate surface area is 191 Å². The highest BCUT2D eigenvalue weighted by Gasteiger charge is 2.11. The highest BCUT2D eigenvalue weighted by atomic mass is 16.5. The third kappa shape index (κ3) is 5.51. The summed E-state index contributed by atoms with van der Waals surface area (Å²) < 4.78 is 22.1. The fourth-order valence-electron chi connectivity index (χ4n) is 3.33. The Balaban J connectivity index is 1.38. The zero-order chi connectivity index (χ0) is 23.0. The monoisotopic (exact) mass is 444 g/mol. The van der Waals surface area contributed by atoms with E-state index in [1.807, 2.05) is 36.4 Å². The van der Waals surface area contributed by atoms with Gasteiger partial charge in [-0.15, -0.1) is 0 Å². The molecule has 0 aliphatic rings. The van der Waals surface area contributed by atoms with Crippen molar-refractivity contribution in [2.45, 2.75) is 6.42 Å². The summed E-state index contributed by atoms with van der Waals surface area (Å²) in [4.78, 5) is 16.4. The molecule has 0 aliphatic heterocycles. The molecule has 0 saturated carbocycles. The summed E-state index contributed by atoms with van der Waals surface area (Å²) in [6, 6.07) is 22.3. The number of carbonyl (C=O) groups excluding carboxylic acids is 1. The lowest BCUT2D eigenvalue weighted by Gasteiger charge is -2.12. The molecule has 168 valence electrons. The van der Waals surface area contributed by atoms with Crippen LogP contribution in [0.15, 0.2) is 79.0 Å². The van der Waals surface area contributed by atoms with Crippen molar-refractivity contribution in [3.05, 3.63) is 84.6 Å². The SMILES string of the molecule is COc1cc2nccc(Oc3ccc(NC(=O)OCCc4ccccc4)cc3)c2cc1OC. The molecule has 0 spiro atoms. The maximum absolute atomic E-state index is 12.0. The first kappa shape index (κ1) is 22.0. The Bertz CT molecular complexity index is 1230. The molecule has 0 bridgehead atoms. The maximum atomic E-state index is 12.0. The Morgan fingerprint density at radius 2 is 1.61 bits per heavy atom. The van der Waals surface area contributed by atoms with Gasteiger partial charge in [0.15, 0.2) is 11.5 Å². The highest BCUT2D eigenvalue weighted by Crippen LogP contribution is 2.36. The number of nitrogens with zero attached hydrogens (tertiary/aromatic N) is 1. The van der Waals surface area contributed by atoms with Crippen molar-refractivity contribution in [1.82, 2.24) is 4.98 Å². The van der Waals surface area contributed by atoms with Crippen molar-refractivity contribution < 1.29 is 23.7 Å². The number of amides is 1. The fraction of sp³-hybridized carbons (Fsp3) is 0.154. The molecule has 0 aliphatic carbocycles. The predicted molar refractivity (Wildman–Crippen MR) is 126 cm³/mol. The molecule has 0 saturated heterocycles. The molecule has 0 unspecified atom stereocenters. The lowest BCUT2D eigenvalue weighted by molar-refractivity contribution is 0.163. The number of hydrogen-bond donors (Lipinski definition) is 1. The summed E-state index contributed by atoms with van der Waals surface area (Å²) in [5.41, 5.74) is 2.45. The van der Waals surface area contributed by atoms with Crippen LogP contribution in [0.25, 0.3) is 10.9 Å². The van der Waals surface area contributed by atoms with Gasteiger partial charge < -0.3 is 18.9 Å². The molecule has 3 aromatic carbocycles. The summed E-state index contributed by atoms with van der Waals surface area (Å²) in [7, 11) is 3.16. The van der Waals surface area contributed by atoms with Crippen LogP contribution in [-0.4, -0.2) is 31.9 Å². The van der Waals surface area contributed by atoms with E-state index in [4.69, 9.17) is 18.9 Å². The van der Waals surface area contributed by atoms with Crippen LogP contribution in [-0.2, 0) is 11.2 Å². The van der Waals surface area contributed by atoms with E-state index in [-0.39, 0.29) is 0 Å². The summed E-state index contributed by atoms with van der Waals surface area (Å²) in [5.74, 6) is 2.43. The molecular formula is C26H24N2O5. The summed E-state index contributed by atoms with van der Waals surface area (Å²) in [5, 5.41) is 3.51. The van der Waals surface area contributed by atoms with Crippen LogP contribution in [0.3, 0.4) is 0 Å². The van der Waals surface area contributed by atoms with Crippen molar-refractivity contribution in [3.63, 3.8) is 0 Å². The van der Waals surface area contributed by atoms with Gasteiger partial charge >= 0.3 is 6.09 Å². The van der Waals surface area contributed by atoms with E-state index >= 15 is 0 Å². The predicted octanol–water partition coefficient (Wildman–Crippen LogP) is 5.84. The van der Waals surface area contributed by atoms with Gasteiger partial charge in [-0.1, -0.05) is 30.3 Å². The van der Waals surface area contributed by atoms with Crippen molar-refractivity contribution in [2.24, 2.45) is 0 Å². The molecule has 33 heavy (non-hydrogen) atoms. The maximum Gasteiger partial charge on any atom is 0.411 e. The van der Waals surface area contributed by atoms with Crippen LogP contribution < -0.4 is 19.5 Å². The van der Waals surface area contributed by atoms with E-state index in [1.165, 1.54) is 0 Å². The average Bonchev–Trinajstić information content (AvgIpc) is 2.85. The molecule has 4 aromatic rings. The number of ether oxygens (including phenoxy) is 4. The van der Waals surface area contributed by atoms with Gasteiger partial charge in [0.2, 0.25) is 0 Å². The number of methoxy groups -OCH3 is 2. The van der Waals surface area contributed by atoms with Crippen LogP contribution in [0.1, 0.15) is 5.56 Å². The lowest BCUT2D eigenvalue weighted by atomic mass is 10.2. The third-order valence-corrected chi connectivity index (χ3v) is 5.00. The second kappa shape index (κ2) is 10.4. The van der Waals surface area contributed by atoms with E-state index in [0.29, 0.717) is 41.7 Å². The first-order chi connectivity index (χ1) is 16.2. The Morgan fingerprint density at radius 1 is 0.879 bits per heavy atom. The van der Waals surface area contributed by atoms with Crippen molar-refractivity contribution in [1.29, 1.82) is 0 Å². The second-order valence-corrected chi connectivity index (χ2v) is 7.16. The van der Waals surface area contributed by atoms with E-state index in [0.717, 1.165) is 16.5 Å². The third-order valence-electron chi connectivity index (χ3n) is 5.00. The Hall–Kier alpha value is -4.26. The Morgan fingerprint density at radius 3 is 2.33 bits per heavy atom. The molecule has 7 nitrogen and oxygen atoms in total. The van der Waals surface area contributed by atoms with Crippen LogP contribution in [0.5, 0.6) is 23.0 Å². The van der Waals surface area contributed by atoms with Gasteiger partial charge in [0.25, 0.3) is 0 Å². The van der Waals surface area contributed by atoms with Gasteiger partial charge in [0.05, 0.1) is 26.3 Å². The molecule has 0 radical (unpaired) electrons. The van der Waals surface area contributed by atoms with Gasteiger partial charge in [0, 0.05) is 29.8 Å². The number of rotatable bonds is 8. The number of hydrogen-bond acceptors (Lipinski definition) is 6. The molecule has 1 N–H and O–H groups in total. The smallest absolute Gasteiger partial charge is 0.411 e. The molecule has 7 heteroatoms. The van der Waals surface area contributed by atoms with Crippen LogP contribution in [0.4, 0.5) is 10.5 Å². The quantitative estimate of drug-likeness (QED) is 0.368. The number of benzene rings is 3. The number of anilines is 1. The minimum atomic E-state index is -0.499. The second-order valence-electron chi connectivity index (χ2n) is 7.16. The lowest BCUT2D eigenvalue weighted by Crippen LogP contribution is -2.15. The van der Waals surface area contributed by atoms with E-state index in [2.05, 4.69) is 10.3 Å². The van der Waals surface area contributed by atoms with Crippen molar-refractivity contribution >= 4 is 22.7 Å². The van der Waals surface area contributed by atoms with Crippen LogP contribution >= 0.6 is 0 Å². The highest BCUT2D eigenvalue weighted by molar-refractivity contribution is 5.88. The van der Waals surface area contributed by atoms with E-state index in [1.54, 1.807) is 56.8 Å². The van der Waals surface area contributed by atoms with E-state index < -0.39 is 6.09 Å².